The number of fused-ring (bicyclic) bond motifs is 1. The SMILES string of the molecule is Cl.Nc1ccc2c(c1)CCCC2NC(=O)CCc1cccs1. The van der Waals surface area contributed by atoms with Gasteiger partial charge in [-0.25, -0.2) is 0 Å². The Bertz CT molecular complexity index is 628. The summed E-state index contributed by atoms with van der Waals surface area (Å²) in [6.07, 6.45) is 4.56. The number of carbonyl (C=O) groups is 1. The molecule has 1 heterocycles. The number of hydrogen-bond donors (Lipinski definition) is 2. The lowest BCUT2D eigenvalue weighted by molar-refractivity contribution is -0.121. The van der Waals surface area contributed by atoms with Gasteiger partial charge in [-0.2, -0.15) is 0 Å². The smallest absolute Gasteiger partial charge is 0.220 e. The maximum atomic E-state index is 12.2. The van der Waals surface area contributed by atoms with E-state index in [2.05, 4.69) is 22.8 Å². The van der Waals surface area contributed by atoms with Crippen molar-refractivity contribution in [3.05, 3.63) is 51.7 Å². The molecule has 0 aliphatic heterocycles. The number of benzene rings is 1. The van der Waals surface area contributed by atoms with Crippen molar-refractivity contribution < 1.29 is 4.79 Å². The number of thiophene rings is 1. The van der Waals surface area contributed by atoms with E-state index < -0.39 is 0 Å². The average molecular weight is 337 g/mol. The van der Waals surface area contributed by atoms with E-state index >= 15 is 0 Å². The molecule has 1 atom stereocenters. The van der Waals surface area contributed by atoms with Crippen LogP contribution in [0.5, 0.6) is 0 Å². The van der Waals surface area contributed by atoms with Crippen molar-refractivity contribution in [1.82, 2.24) is 5.32 Å². The first-order valence-electron chi connectivity index (χ1n) is 7.42. The average Bonchev–Trinajstić information content (AvgIpc) is 2.98. The number of nitrogen functional groups attached to an aromatic ring is 1. The first-order valence-corrected chi connectivity index (χ1v) is 8.30. The van der Waals surface area contributed by atoms with Gasteiger partial charge in [0.05, 0.1) is 6.04 Å². The molecule has 22 heavy (non-hydrogen) atoms. The summed E-state index contributed by atoms with van der Waals surface area (Å²) < 4.78 is 0. The van der Waals surface area contributed by atoms with E-state index in [1.807, 2.05) is 18.2 Å². The first-order chi connectivity index (χ1) is 10.2. The maximum Gasteiger partial charge on any atom is 0.220 e. The zero-order chi connectivity index (χ0) is 14.7. The predicted molar refractivity (Wildman–Crippen MR) is 94.6 cm³/mol. The van der Waals surface area contributed by atoms with Crippen molar-refractivity contribution in [1.29, 1.82) is 0 Å². The minimum absolute atomic E-state index is 0. The Labute approximate surface area is 141 Å². The summed E-state index contributed by atoms with van der Waals surface area (Å²) in [5, 5.41) is 5.23. The molecule has 0 bridgehead atoms. The van der Waals surface area contributed by atoms with E-state index in [9.17, 15) is 4.79 Å². The Morgan fingerprint density at radius 2 is 2.23 bits per heavy atom. The van der Waals surface area contributed by atoms with Crippen molar-refractivity contribution in [3.8, 4) is 0 Å². The van der Waals surface area contributed by atoms with E-state index in [0.717, 1.165) is 31.4 Å². The number of anilines is 1. The second-order valence-corrected chi connectivity index (χ2v) is 6.58. The number of nitrogens with two attached hydrogens (primary N) is 1. The van der Waals surface area contributed by atoms with Crippen molar-refractivity contribution in [3.63, 3.8) is 0 Å². The van der Waals surface area contributed by atoms with Gasteiger partial charge in [-0.15, -0.1) is 23.7 Å². The van der Waals surface area contributed by atoms with E-state index in [1.165, 1.54) is 16.0 Å². The topological polar surface area (TPSA) is 55.1 Å². The molecule has 0 spiro atoms. The molecular formula is C17H21ClN2OS. The van der Waals surface area contributed by atoms with Crippen molar-refractivity contribution >= 4 is 35.3 Å². The summed E-state index contributed by atoms with van der Waals surface area (Å²) in [6.45, 7) is 0. The molecule has 1 aromatic heterocycles. The van der Waals surface area contributed by atoms with Crippen LogP contribution in [-0.4, -0.2) is 5.91 Å². The number of rotatable bonds is 4. The van der Waals surface area contributed by atoms with Crippen LogP contribution in [0.4, 0.5) is 5.69 Å². The third-order valence-electron chi connectivity index (χ3n) is 4.00. The molecule has 1 unspecified atom stereocenters. The van der Waals surface area contributed by atoms with E-state index in [1.54, 1.807) is 11.3 Å². The summed E-state index contributed by atoms with van der Waals surface area (Å²) in [5.74, 6) is 0.137. The quantitative estimate of drug-likeness (QED) is 0.832. The third-order valence-corrected chi connectivity index (χ3v) is 4.93. The highest BCUT2D eigenvalue weighted by Crippen LogP contribution is 2.31. The maximum absolute atomic E-state index is 12.2. The standard InChI is InChI=1S/C17H20N2OS.ClH/c18-13-6-8-15-12(11-13)3-1-5-16(15)19-17(20)9-7-14-4-2-10-21-14;/h2,4,6,8,10-11,16H,1,3,5,7,9,18H2,(H,19,20);1H. The lowest BCUT2D eigenvalue weighted by Crippen LogP contribution is -2.31. The zero-order valence-corrected chi connectivity index (χ0v) is 14.0. The molecular weight excluding hydrogens is 316 g/mol. The van der Waals surface area contributed by atoms with Crippen LogP contribution in [0.3, 0.4) is 0 Å². The van der Waals surface area contributed by atoms with Crippen molar-refractivity contribution in [2.45, 2.75) is 38.1 Å². The highest BCUT2D eigenvalue weighted by atomic mass is 35.5. The van der Waals surface area contributed by atoms with Crippen molar-refractivity contribution in [2.24, 2.45) is 0 Å². The van der Waals surface area contributed by atoms with Gasteiger partial charge in [-0.05, 0) is 60.4 Å². The number of hydrogen-bond acceptors (Lipinski definition) is 3. The number of aryl methyl sites for hydroxylation is 2. The van der Waals surface area contributed by atoms with Gasteiger partial charge >= 0.3 is 0 Å². The van der Waals surface area contributed by atoms with E-state index in [0.29, 0.717) is 6.42 Å². The van der Waals surface area contributed by atoms with Gasteiger partial charge in [0.15, 0.2) is 0 Å². The number of carbonyl (C=O) groups excluding carboxylic acids is 1. The Morgan fingerprint density at radius 3 is 3.00 bits per heavy atom. The summed E-state index contributed by atoms with van der Waals surface area (Å²) in [5.41, 5.74) is 9.17. The molecule has 2 aromatic rings. The monoisotopic (exact) mass is 336 g/mol. The first kappa shape index (κ1) is 16.8. The second kappa shape index (κ2) is 7.65. The predicted octanol–water partition coefficient (Wildman–Crippen LogP) is 3.88. The van der Waals surface area contributed by atoms with E-state index in [-0.39, 0.29) is 24.4 Å². The number of nitrogens with one attached hydrogen (secondary N) is 1. The van der Waals surface area contributed by atoms with Gasteiger partial charge in [-0.3, -0.25) is 4.79 Å². The molecule has 3 nitrogen and oxygen atoms in total. The molecule has 118 valence electrons. The highest BCUT2D eigenvalue weighted by molar-refractivity contribution is 7.09. The van der Waals surface area contributed by atoms with E-state index in [4.69, 9.17) is 5.73 Å². The lowest BCUT2D eigenvalue weighted by Gasteiger charge is -2.26. The molecule has 1 aromatic carbocycles. The van der Waals surface area contributed by atoms with Gasteiger partial charge < -0.3 is 11.1 Å². The number of halogens is 1. The molecule has 1 aliphatic rings. The van der Waals surface area contributed by atoms with Crippen LogP contribution in [0.25, 0.3) is 0 Å². The largest absolute Gasteiger partial charge is 0.399 e. The Balaban J connectivity index is 0.00000176. The summed E-state index contributed by atoms with van der Waals surface area (Å²) >= 11 is 1.71. The highest BCUT2D eigenvalue weighted by Gasteiger charge is 2.21. The second-order valence-electron chi connectivity index (χ2n) is 5.55. The normalized spacial score (nSPS) is 16.5. The Hall–Kier alpha value is -1.52. The van der Waals surface area contributed by atoms with Crippen LogP contribution in [-0.2, 0) is 17.6 Å². The molecule has 1 aliphatic carbocycles. The van der Waals surface area contributed by atoms with Crippen LogP contribution in [0, 0.1) is 0 Å². The Kier molecular flexibility index (Phi) is 5.86. The number of amides is 1. The molecule has 0 saturated carbocycles. The fourth-order valence-corrected chi connectivity index (χ4v) is 3.65. The van der Waals surface area contributed by atoms with Gasteiger partial charge in [0, 0.05) is 17.0 Å². The van der Waals surface area contributed by atoms with Gasteiger partial charge in [-0.1, -0.05) is 12.1 Å². The molecule has 3 rings (SSSR count). The van der Waals surface area contributed by atoms with Crippen LogP contribution in [0.15, 0.2) is 35.7 Å². The van der Waals surface area contributed by atoms with Gasteiger partial charge in [0.25, 0.3) is 0 Å². The molecule has 5 heteroatoms. The lowest BCUT2D eigenvalue weighted by atomic mass is 9.87. The zero-order valence-electron chi connectivity index (χ0n) is 12.4. The van der Waals surface area contributed by atoms with Gasteiger partial charge in [0.1, 0.15) is 0 Å². The van der Waals surface area contributed by atoms with Crippen LogP contribution in [0.2, 0.25) is 0 Å². The van der Waals surface area contributed by atoms with Gasteiger partial charge in [0.2, 0.25) is 5.91 Å². The minimum Gasteiger partial charge on any atom is -0.399 e. The van der Waals surface area contributed by atoms with Crippen LogP contribution in [0.1, 0.15) is 41.3 Å². The minimum atomic E-state index is 0. The molecule has 0 radical (unpaired) electrons. The fraction of sp³-hybridized carbons (Fsp3) is 0.353. The fourth-order valence-electron chi connectivity index (χ4n) is 2.94. The summed E-state index contributed by atoms with van der Waals surface area (Å²) in [7, 11) is 0. The van der Waals surface area contributed by atoms with Crippen LogP contribution >= 0.6 is 23.7 Å². The summed E-state index contributed by atoms with van der Waals surface area (Å²) in [6, 6.07) is 10.3. The molecule has 0 fully saturated rings. The van der Waals surface area contributed by atoms with Crippen molar-refractivity contribution in [2.75, 3.05) is 5.73 Å². The molecule has 1 amide bonds. The van der Waals surface area contributed by atoms with Crippen LogP contribution < -0.4 is 11.1 Å². The Morgan fingerprint density at radius 1 is 1.36 bits per heavy atom. The third kappa shape index (κ3) is 4.02. The summed E-state index contributed by atoms with van der Waals surface area (Å²) in [4.78, 5) is 13.4. The molecule has 0 saturated heterocycles. The molecule has 3 N–H and O–H groups in total.